The van der Waals surface area contributed by atoms with Crippen molar-refractivity contribution in [1.82, 2.24) is 10.2 Å². The molecule has 0 saturated carbocycles. The van der Waals surface area contributed by atoms with Gasteiger partial charge in [-0.15, -0.1) is 0 Å². The van der Waals surface area contributed by atoms with E-state index in [9.17, 15) is 0 Å². The van der Waals surface area contributed by atoms with E-state index in [1.807, 2.05) is 0 Å². The van der Waals surface area contributed by atoms with Crippen LogP contribution in [0.3, 0.4) is 0 Å². The average molecular weight is 246 g/mol. The average Bonchev–Trinajstić information content (AvgIpc) is 2.83. The minimum atomic E-state index is 0.856. The molecule has 1 saturated heterocycles. The normalized spacial score (nSPS) is 19.7. The second kappa shape index (κ2) is 6.35. The smallest absolute Gasteiger partial charge is 0.00193 e. The number of rotatable bonds is 5. The second-order valence-electron chi connectivity index (χ2n) is 5.79. The van der Waals surface area contributed by atoms with Crippen molar-refractivity contribution in [3.63, 3.8) is 0 Å². The van der Waals surface area contributed by atoms with Gasteiger partial charge in [-0.05, 0) is 69.4 Å². The predicted molar refractivity (Wildman–Crippen MR) is 78.1 cm³/mol. The molecule has 1 fully saturated rings. The highest BCUT2D eigenvalue weighted by atomic mass is 15.1. The van der Waals surface area contributed by atoms with Gasteiger partial charge in [-0.25, -0.2) is 0 Å². The Morgan fingerprint density at radius 3 is 2.78 bits per heavy atom. The molecule has 100 valence electrons. The van der Waals surface area contributed by atoms with Gasteiger partial charge in [0.05, 0.1) is 0 Å². The summed E-state index contributed by atoms with van der Waals surface area (Å²) >= 11 is 0. The first-order valence-corrected chi connectivity index (χ1v) is 7.10. The fourth-order valence-corrected chi connectivity index (χ4v) is 2.68. The van der Waals surface area contributed by atoms with Crippen LogP contribution in [0.25, 0.3) is 0 Å². The van der Waals surface area contributed by atoms with Crippen LogP contribution in [0, 0.1) is 19.8 Å². The molecule has 2 rings (SSSR count). The monoisotopic (exact) mass is 246 g/mol. The van der Waals surface area contributed by atoms with Gasteiger partial charge < -0.3 is 10.2 Å². The van der Waals surface area contributed by atoms with Crippen molar-refractivity contribution in [1.29, 1.82) is 0 Å². The van der Waals surface area contributed by atoms with E-state index in [1.54, 1.807) is 0 Å². The second-order valence-corrected chi connectivity index (χ2v) is 5.79. The number of hydrogen-bond donors (Lipinski definition) is 1. The number of aryl methyl sites for hydroxylation is 2. The Morgan fingerprint density at radius 2 is 2.11 bits per heavy atom. The molecule has 0 radical (unpaired) electrons. The van der Waals surface area contributed by atoms with Gasteiger partial charge in [0.2, 0.25) is 0 Å². The van der Waals surface area contributed by atoms with Crippen molar-refractivity contribution in [3.8, 4) is 0 Å². The molecule has 1 heterocycles. The van der Waals surface area contributed by atoms with Gasteiger partial charge in [-0.2, -0.15) is 0 Å². The largest absolute Gasteiger partial charge is 0.316 e. The van der Waals surface area contributed by atoms with Gasteiger partial charge in [0, 0.05) is 13.1 Å². The summed E-state index contributed by atoms with van der Waals surface area (Å²) in [6.07, 6.45) is 2.51. The lowest BCUT2D eigenvalue weighted by molar-refractivity contribution is 0.288. The van der Waals surface area contributed by atoms with Crippen molar-refractivity contribution in [3.05, 3.63) is 34.9 Å². The van der Waals surface area contributed by atoms with Crippen LogP contribution >= 0.6 is 0 Å². The van der Waals surface area contributed by atoms with Crippen LogP contribution in [0.2, 0.25) is 0 Å². The Bertz CT molecular complexity index is 381. The highest BCUT2D eigenvalue weighted by Crippen LogP contribution is 2.12. The highest BCUT2D eigenvalue weighted by Gasteiger charge is 2.15. The fourth-order valence-electron chi connectivity index (χ4n) is 2.68. The van der Waals surface area contributed by atoms with Crippen molar-refractivity contribution in [2.45, 2.75) is 26.7 Å². The van der Waals surface area contributed by atoms with Crippen LogP contribution in [0.15, 0.2) is 18.2 Å². The molecule has 1 aliphatic heterocycles. The molecule has 2 heteroatoms. The molecule has 1 aliphatic rings. The molecule has 18 heavy (non-hydrogen) atoms. The van der Waals surface area contributed by atoms with Crippen molar-refractivity contribution < 1.29 is 0 Å². The molecular formula is C16H26N2. The van der Waals surface area contributed by atoms with Crippen LogP contribution in [0.5, 0.6) is 0 Å². The van der Waals surface area contributed by atoms with Crippen molar-refractivity contribution >= 4 is 0 Å². The van der Waals surface area contributed by atoms with E-state index in [0.717, 1.165) is 12.3 Å². The quantitative estimate of drug-likeness (QED) is 0.858. The third-order valence-electron chi connectivity index (χ3n) is 4.09. The maximum atomic E-state index is 3.44. The van der Waals surface area contributed by atoms with Gasteiger partial charge in [0.1, 0.15) is 0 Å². The van der Waals surface area contributed by atoms with Crippen LogP contribution in [0.4, 0.5) is 0 Å². The standard InChI is InChI=1S/C16H26N2/c1-13-4-5-15(10-14(13)2)7-9-18(3)12-16-6-8-17-11-16/h4-5,10,16-17H,6-9,11-12H2,1-3H3. The molecular weight excluding hydrogens is 220 g/mol. The molecule has 0 aliphatic carbocycles. The first-order chi connectivity index (χ1) is 8.65. The van der Waals surface area contributed by atoms with E-state index in [4.69, 9.17) is 0 Å². The van der Waals surface area contributed by atoms with E-state index in [1.165, 1.54) is 49.3 Å². The fraction of sp³-hybridized carbons (Fsp3) is 0.625. The molecule has 0 spiro atoms. The SMILES string of the molecule is Cc1ccc(CCN(C)CC2CCNC2)cc1C. The minimum Gasteiger partial charge on any atom is -0.316 e. The lowest BCUT2D eigenvalue weighted by Crippen LogP contribution is -2.28. The van der Waals surface area contributed by atoms with E-state index in [-0.39, 0.29) is 0 Å². The zero-order valence-electron chi connectivity index (χ0n) is 12.0. The minimum absolute atomic E-state index is 0.856. The summed E-state index contributed by atoms with van der Waals surface area (Å²) in [6, 6.07) is 6.85. The zero-order chi connectivity index (χ0) is 13.0. The summed E-state index contributed by atoms with van der Waals surface area (Å²) < 4.78 is 0. The lowest BCUT2D eigenvalue weighted by Gasteiger charge is -2.20. The number of nitrogens with zero attached hydrogens (tertiary/aromatic N) is 1. The van der Waals surface area contributed by atoms with E-state index < -0.39 is 0 Å². The number of nitrogens with one attached hydrogen (secondary N) is 1. The van der Waals surface area contributed by atoms with E-state index in [0.29, 0.717) is 0 Å². The van der Waals surface area contributed by atoms with Crippen LogP contribution in [0.1, 0.15) is 23.1 Å². The van der Waals surface area contributed by atoms with Crippen molar-refractivity contribution in [2.75, 3.05) is 33.2 Å². The van der Waals surface area contributed by atoms with Crippen LogP contribution < -0.4 is 5.32 Å². The molecule has 0 amide bonds. The van der Waals surface area contributed by atoms with Gasteiger partial charge in [0.15, 0.2) is 0 Å². The number of likely N-dealkylation sites (N-methyl/N-ethyl adjacent to an activating group) is 1. The Balaban J connectivity index is 1.77. The summed E-state index contributed by atoms with van der Waals surface area (Å²) in [5.74, 6) is 0.856. The molecule has 1 unspecified atom stereocenters. The molecule has 0 aromatic heterocycles. The van der Waals surface area contributed by atoms with Gasteiger partial charge in [-0.1, -0.05) is 18.2 Å². The number of hydrogen-bond acceptors (Lipinski definition) is 2. The Labute approximate surface area is 111 Å². The molecule has 1 aromatic carbocycles. The van der Waals surface area contributed by atoms with Crippen LogP contribution in [-0.4, -0.2) is 38.1 Å². The Kier molecular flexibility index (Phi) is 4.79. The number of benzene rings is 1. The summed E-state index contributed by atoms with van der Waals surface area (Å²) in [5, 5.41) is 3.44. The third kappa shape index (κ3) is 3.82. The van der Waals surface area contributed by atoms with Gasteiger partial charge >= 0.3 is 0 Å². The predicted octanol–water partition coefficient (Wildman–Crippen LogP) is 2.39. The maximum Gasteiger partial charge on any atom is 0.00193 e. The highest BCUT2D eigenvalue weighted by molar-refractivity contribution is 5.30. The summed E-state index contributed by atoms with van der Waals surface area (Å²) in [4.78, 5) is 2.48. The zero-order valence-corrected chi connectivity index (χ0v) is 12.0. The molecule has 1 aromatic rings. The maximum absolute atomic E-state index is 3.44. The first-order valence-electron chi connectivity index (χ1n) is 7.10. The van der Waals surface area contributed by atoms with E-state index in [2.05, 4.69) is 49.3 Å². The molecule has 2 nitrogen and oxygen atoms in total. The Morgan fingerprint density at radius 1 is 1.28 bits per heavy atom. The van der Waals surface area contributed by atoms with Gasteiger partial charge in [-0.3, -0.25) is 0 Å². The third-order valence-corrected chi connectivity index (χ3v) is 4.09. The lowest BCUT2D eigenvalue weighted by atomic mass is 10.0. The summed E-state index contributed by atoms with van der Waals surface area (Å²) in [6.45, 7) is 9.19. The molecule has 1 atom stereocenters. The van der Waals surface area contributed by atoms with Crippen LogP contribution in [-0.2, 0) is 6.42 Å². The summed E-state index contributed by atoms with van der Waals surface area (Å²) in [5.41, 5.74) is 4.27. The topological polar surface area (TPSA) is 15.3 Å². The van der Waals surface area contributed by atoms with Gasteiger partial charge in [0.25, 0.3) is 0 Å². The van der Waals surface area contributed by atoms with E-state index >= 15 is 0 Å². The summed E-state index contributed by atoms with van der Waals surface area (Å²) in [7, 11) is 2.25. The first kappa shape index (κ1) is 13.6. The molecule has 1 N–H and O–H groups in total. The Hall–Kier alpha value is -0.860. The molecule has 0 bridgehead atoms. The van der Waals surface area contributed by atoms with Crippen molar-refractivity contribution in [2.24, 2.45) is 5.92 Å².